The van der Waals surface area contributed by atoms with E-state index in [4.69, 9.17) is 10.00 Å². The fraction of sp³-hybridized carbons (Fsp3) is 0.115. The molecule has 2 N–H and O–H groups in total. The van der Waals surface area contributed by atoms with E-state index in [1.165, 1.54) is 0 Å². The Labute approximate surface area is 191 Å². The zero-order valence-electron chi connectivity index (χ0n) is 18.2. The van der Waals surface area contributed by atoms with Gasteiger partial charge in [0.1, 0.15) is 5.75 Å². The van der Waals surface area contributed by atoms with Crippen molar-refractivity contribution in [2.45, 2.75) is 13.5 Å². The molecule has 164 valence electrons. The number of methoxy groups -OCH3 is 1. The number of rotatable bonds is 7. The molecule has 0 bridgehead atoms. The van der Waals surface area contributed by atoms with Crippen LogP contribution in [-0.4, -0.2) is 28.4 Å². The summed E-state index contributed by atoms with van der Waals surface area (Å²) < 4.78 is 5.26. The number of hydrogen-bond acceptors (Lipinski definition) is 5. The van der Waals surface area contributed by atoms with E-state index in [2.05, 4.69) is 16.3 Å². The fourth-order valence-corrected chi connectivity index (χ4v) is 3.71. The summed E-state index contributed by atoms with van der Waals surface area (Å²) >= 11 is 0. The van der Waals surface area contributed by atoms with Crippen molar-refractivity contribution in [2.24, 2.45) is 0 Å². The van der Waals surface area contributed by atoms with E-state index in [-0.39, 0.29) is 5.69 Å². The molecule has 0 unspecified atom stereocenters. The van der Waals surface area contributed by atoms with Gasteiger partial charge < -0.3 is 14.7 Å². The van der Waals surface area contributed by atoms with E-state index < -0.39 is 5.97 Å². The molecule has 0 saturated heterocycles. The summed E-state index contributed by atoms with van der Waals surface area (Å²) in [6.07, 6.45) is 0. The SMILES string of the molecule is COc1ccc(CN(c2cccc(-c3ccc(C#N)cc3)c2)c2c(C(=O)O)n[nH]c2C)cc1. The van der Waals surface area contributed by atoms with Crippen LogP contribution in [0.2, 0.25) is 0 Å². The molecule has 7 nitrogen and oxygen atoms in total. The molecule has 0 radical (unpaired) electrons. The Morgan fingerprint density at radius 1 is 1.09 bits per heavy atom. The number of ether oxygens (including phenoxy) is 1. The van der Waals surface area contributed by atoms with Gasteiger partial charge in [0, 0.05) is 12.2 Å². The van der Waals surface area contributed by atoms with Gasteiger partial charge in [-0.25, -0.2) is 4.79 Å². The molecule has 33 heavy (non-hydrogen) atoms. The summed E-state index contributed by atoms with van der Waals surface area (Å²) in [5.41, 5.74) is 5.44. The minimum Gasteiger partial charge on any atom is -0.497 e. The number of aromatic carboxylic acids is 1. The van der Waals surface area contributed by atoms with Crippen LogP contribution < -0.4 is 9.64 Å². The molecule has 0 fully saturated rings. The molecule has 0 aliphatic heterocycles. The highest BCUT2D eigenvalue weighted by Gasteiger charge is 2.24. The lowest BCUT2D eigenvalue weighted by molar-refractivity contribution is 0.0691. The number of aromatic nitrogens is 2. The number of nitrogens with zero attached hydrogens (tertiary/aromatic N) is 3. The van der Waals surface area contributed by atoms with Gasteiger partial charge in [-0.3, -0.25) is 5.10 Å². The predicted molar refractivity (Wildman–Crippen MR) is 126 cm³/mol. The van der Waals surface area contributed by atoms with E-state index in [0.29, 0.717) is 23.5 Å². The third-order valence-electron chi connectivity index (χ3n) is 5.39. The quantitative estimate of drug-likeness (QED) is 0.406. The smallest absolute Gasteiger partial charge is 0.358 e. The predicted octanol–water partition coefficient (Wildman–Crippen LogP) is 5.30. The Morgan fingerprint density at radius 3 is 2.45 bits per heavy atom. The average Bonchev–Trinajstić information content (AvgIpc) is 3.24. The summed E-state index contributed by atoms with van der Waals surface area (Å²) in [5.74, 6) is -0.351. The minimum atomic E-state index is -1.10. The third kappa shape index (κ3) is 4.55. The highest BCUT2D eigenvalue weighted by molar-refractivity contribution is 5.94. The summed E-state index contributed by atoms with van der Waals surface area (Å²) in [6, 6.07) is 25.0. The van der Waals surface area contributed by atoms with E-state index in [9.17, 15) is 9.90 Å². The van der Waals surface area contributed by atoms with E-state index in [0.717, 1.165) is 28.1 Å². The largest absolute Gasteiger partial charge is 0.497 e. The van der Waals surface area contributed by atoms with E-state index in [1.807, 2.05) is 65.6 Å². The molecule has 0 saturated carbocycles. The summed E-state index contributed by atoms with van der Waals surface area (Å²) in [6.45, 7) is 2.24. The average molecular weight is 438 g/mol. The van der Waals surface area contributed by atoms with Crippen LogP contribution in [0.3, 0.4) is 0 Å². The van der Waals surface area contributed by atoms with Crippen LogP contribution in [0.5, 0.6) is 5.75 Å². The van der Waals surface area contributed by atoms with Gasteiger partial charge >= 0.3 is 5.97 Å². The summed E-state index contributed by atoms with van der Waals surface area (Å²) in [4.78, 5) is 13.8. The Balaban J connectivity index is 1.80. The minimum absolute atomic E-state index is 0.0372. The Hall–Kier alpha value is -4.57. The molecule has 1 heterocycles. The number of nitrogens with one attached hydrogen (secondary N) is 1. The van der Waals surface area contributed by atoms with Gasteiger partial charge in [0.05, 0.1) is 30.1 Å². The van der Waals surface area contributed by atoms with E-state index in [1.54, 1.807) is 26.2 Å². The number of carboxylic acid groups (broad SMARTS) is 1. The Morgan fingerprint density at radius 2 is 1.82 bits per heavy atom. The van der Waals surface area contributed by atoms with Crippen molar-refractivity contribution < 1.29 is 14.6 Å². The number of aromatic amines is 1. The van der Waals surface area contributed by atoms with Crippen molar-refractivity contribution in [3.05, 3.63) is 95.3 Å². The second-order valence-electron chi connectivity index (χ2n) is 7.52. The normalized spacial score (nSPS) is 10.5. The second-order valence-corrected chi connectivity index (χ2v) is 7.52. The molecule has 4 aromatic rings. The second kappa shape index (κ2) is 9.28. The number of nitriles is 1. The fourth-order valence-electron chi connectivity index (χ4n) is 3.71. The lowest BCUT2D eigenvalue weighted by Gasteiger charge is -2.26. The zero-order valence-corrected chi connectivity index (χ0v) is 18.2. The van der Waals surface area contributed by atoms with Gasteiger partial charge in [0.25, 0.3) is 0 Å². The summed E-state index contributed by atoms with van der Waals surface area (Å²) in [5, 5.41) is 25.6. The van der Waals surface area contributed by atoms with Crippen molar-refractivity contribution in [3.63, 3.8) is 0 Å². The van der Waals surface area contributed by atoms with Crippen molar-refractivity contribution in [3.8, 4) is 22.9 Å². The molecule has 0 amide bonds. The maximum atomic E-state index is 11.9. The number of benzene rings is 3. The molecular formula is C26H22N4O3. The van der Waals surface area contributed by atoms with E-state index >= 15 is 0 Å². The van der Waals surface area contributed by atoms with Gasteiger partial charge in [-0.05, 0) is 60.0 Å². The summed E-state index contributed by atoms with van der Waals surface area (Å²) in [7, 11) is 1.62. The molecule has 0 atom stereocenters. The van der Waals surface area contributed by atoms with Gasteiger partial charge in [-0.15, -0.1) is 0 Å². The monoisotopic (exact) mass is 438 g/mol. The maximum Gasteiger partial charge on any atom is 0.358 e. The Kier molecular flexibility index (Phi) is 6.09. The molecule has 3 aromatic carbocycles. The molecule has 0 aliphatic rings. The first kappa shape index (κ1) is 21.7. The lowest BCUT2D eigenvalue weighted by atomic mass is 10.0. The topological polar surface area (TPSA) is 102 Å². The molecule has 7 heteroatoms. The van der Waals surface area contributed by atoms with Crippen molar-refractivity contribution in [1.82, 2.24) is 10.2 Å². The van der Waals surface area contributed by atoms with Crippen LogP contribution >= 0.6 is 0 Å². The molecule has 0 spiro atoms. The zero-order chi connectivity index (χ0) is 23.4. The molecule has 1 aromatic heterocycles. The first-order valence-electron chi connectivity index (χ1n) is 10.3. The van der Waals surface area contributed by atoms with Gasteiger partial charge in [0.15, 0.2) is 5.69 Å². The third-order valence-corrected chi connectivity index (χ3v) is 5.39. The maximum absolute atomic E-state index is 11.9. The number of aryl methyl sites for hydroxylation is 1. The number of H-pyrrole nitrogens is 1. The van der Waals surface area contributed by atoms with Crippen LogP contribution in [0.1, 0.15) is 27.3 Å². The molecule has 4 rings (SSSR count). The molecule has 0 aliphatic carbocycles. The Bertz CT molecular complexity index is 1320. The van der Waals surface area contributed by atoms with Crippen LogP contribution in [0.4, 0.5) is 11.4 Å². The molecular weight excluding hydrogens is 416 g/mol. The number of hydrogen-bond donors (Lipinski definition) is 2. The number of carbonyl (C=O) groups is 1. The van der Waals surface area contributed by atoms with Gasteiger partial charge in [-0.1, -0.05) is 36.4 Å². The highest BCUT2D eigenvalue weighted by Crippen LogP contribution is 2.35. The highest BCUT2D eigenvalue weighted by atomic mass is 16.5. The van der Waals surface area contributed by atoms with Crippen LogP contribution in [0.25, 0.3) is 11.1 Å². The van der Waals surface area contributed by atoms with Crippen LogP contribution in [-0.2, 0) is 6.54 Å². The van der Waals surface area contributed by atoms with Crippen molar-refractivity contribution >= 4 is 17.3 Å². The van der Waals surface area contributed by atoms with Crippen molar-refractivity contribution in [2.75, 3.05) is 12.0 Å². The number of carboxylic acids is 1. The van der Waals surface area contributed by atoms with Crippen LogP contribution in [0.15, 0.2) is 72.8 Å². The van der Waals surface area contributed by atoms with Crippen LogP contribution in [0, 0.1) is 18.3 Å². The van der Waals surface area contributed by atoms with Crippen molar-refractivity contribution in [1.29, 1.82) is 5.26 Å². The van der Waals surface area contributed by atoms with Gasteiger partial charge in [-0.2, -0.15) is 10.4 Å². The number of anilines is 2. The van der Waals surface area contributed by atoms with Gasteiger partial charge in [0.2, 0.25) is 0 Å². The lowest BCUT2D eigenvalue weighted by Crippen LogP contribution is -2.19. The first-order chi connectivity index (χ1) is 16.0. The standard InChI is InChI=1S/C26H22N4O3/c1-17-25(24(26(31)32)29-28-17)30(16-19-8-12-23(33-2)13-9-19)22-5-3-4-21(14-22)20-10-6-18(15-27)7-11-20/h3-14H,16H2,1-2H3,(H,28,29)(H,31,32). The first-order valence-corrected chi connectivity index (χ1v) is 10.3.